The van der Waals surface area contributed by atoms with Gasteiger partial charge < -0.3 is 25.2 Å². The predicted octanol–water partition coefficient (Wildman–Crippen LogP) is 0.467. The van der Waals surface area contributed by atoms with Gasteiger partial charge in [0.2, 0.25) is 5.91 Å². The van der Waals surface area contributed by atoms with Gasteiger partial charge in [0.15, 0.2) is 6.61 Å². The monoisotopic (exact) mass is 294 g/mol. The predicted molar refractivity (Wildman–Crippen MR) is 75.4 cm³/mol. The van der Waals surface area contributed by atoms with Crippen molar-refractivity contribution in [1.82, 2.24) is 5.32 Å². The molecule has 1 aromatic carbocycles. The maximum absolute atomic E-state index is 12.0. The molecule has 0 aliphatic carbocycles. The Morgan fingerprint density at radius 1 is 1.43 bits per heavy atom. The summed E-state index contributed by atoms with van der Waals surface area (Å²) in [4.78, 5) is 22.5. The average Bonchev–Trinajstić information content (AvgIpc) is 2.47. The summed E-state index contributed by atoms with van der Waals surface area (Å²) in [5, 5.41) is 14.5. The first-order chi connectivity index (χ1) is 10.1. The van der Waals surface area contributed by atoms with Crippen molar-refractivity contribution in [2.75, 3.05) is 31.6 Å². The molecule has 1 saturated heterocycles. The fourth-order valence-corrected chi connectivity index (χ4v) is 1.99. The second-order valence-corrected chi connectivity index (χ2v) is 4.63. The number of aliphatic carboxylic acids is 1. The molecule has 1 aromatic rings. The Bertz CT molecular complexity index is 500. The lowest BCUT2D eigenvalue weighted by Gasteiger charge is -2.23. The lowest BCUT2D eigenvalue weighted by atomic mass is 10.2. The van der Waals surface area contributed by atoms with Gasteiger partial charge in [-0.15, -0.1) is 0 Å². The van der Waals surface area contributed by atoms with Crippen molar-refractivity contribution in [1.29, 1.82) is 0 Å². The molecule has 1 atom stereocenters. The molecule has 0 spiro atoms. The molecule has 1 fully saturated rings. The molecule has 0 saturated carbocycles. The number of ether oxygens (including phenoxy) is 2. The summed E-state index contributed by atoms with van der Waals surface area (Å²) in [6, 6.07) is 6.72. The molecule has 1 unspecified atom stereocenters. The van der Waals surface area contributed by atoms with Gasteiger partial charge in [-0.1, -0.05) is 12.1 Å². The first-order valence-corrected chi connectivity index (χ1v) is 6.71. The smallest absolute Gasteiger partial charge is 0.341 e. The number of carboxylic acids is 1. The minimum Gasteiger partial charge on any atom is -0.480 e. The Morgan fingerprint density at radius 3 is 2.95 bits per heavy atom. The molecule has 7 nitrogen and oxygen atoms in total. The number of nitrogens with one attached hydrogen (secondary N) is 2. The molecule has 0 aromatic heterocycles. The minimum atomic E-state index is -1.07. The Hall–Kier alpha value is -2.12. The van der Waals surface area contributed by atoms with Crippen molar-refractivity contribution < 1.29 is 24.2 Å². The van der Waals surface area contributed by atoms with E-state index in [2.05, 4.69) is 10.6 Å². The summed E-state index contributed by atoms with van der Waals surface area (Å²) in [7, 11) is 0. The van der Waals surface area contributed by atoms with Crippen LogP contribution in [0.5, 0.6) is 5.75 Å². The molecule has 7 heteroatoms. The van der Waals surface area contributed by atoms with E-state index >= 15 is 0 Å². The van der Waals surface area contributed by atoms with E-state index in [-0.39, 0.29) is 18.4 Å². The van der Waals surface area contributed by atoms with Crippen LogP contribution in [0.4, 0.5) is 5.69 Å². The molecule has 3 N–H and O–H groups in total. The zero-order chi connectivity index (χ0) is 15.1. The SMILES string of the molecule is O=C(O)COc1ccccc1NC(=O)CC1CNCCO1. The zero-order valence-corrected chi connectivity index (χ0v) is 11.5. The molecule has 0 bridgehead atoms. The van der Waals surface area contributed by atoms with Crippen LogP contribution in [0.3, 0.4) is 0 Å². The number of amides is 1. The number of benzene rings is 1. The van der Waals surface area contributed by atoms with Crippen LogP contribution in [0.2, 0.25) is 0 Å². The number of hydrogen-bond acceptors (Lipinski definition) is 5. The Morgan fingerprint density at radius 2 is 2.24 bits per heavy atom. The Balaban J connectivity index is 1.91. The minimum absolute atomic E-state index is 0.147. The van der Waals surface area contributed by atoms with E-state index in [0.717, 1.165) is 6.54 Å². The molecular weight excluding hydrogens is 276 g/mol. The van der Waals surface area contributed by atoms with Crippen molar-refractivity contribution in [2.45, 2.75) is 12.5 Å². The summed E-state index contributed by atoms with van der Waals surface area (Å²) in [5.74, 6) is -0.941. The summed E-state index contributed by atoms with van der Waals surface area (Å²) >= 11 is 0. The van der Waals surface area contributed by atoms with E-state index in [1.165, 1.54) is 0 Å². The lowest BCUT2D eigenvalue weighted by Crippen LogP contribution is -2.40. The van der Waals surface area contributed by atoms with Gasteiger partial charge in [-0.3, -0.25) is 4.79 Å². The second-order valence-electron chi connectivity index (χ2n) is 4.63. The highest BCUT2D eigenvalue weighted by atomic mass is 16.5. The summed E-state index contributed by atoms with van der Waals surface area (Å²) in [6.07, 6.45) is 0.0890. The number of para-hydroxylation sites is 2. The third-order valence-electron chi connectivity index (χ3n) is 2.93. The first-order valence-electron chi connectivity index (χ1n) is 6.71. The van der Waals surface area contributed by atoms with Gasteiger partial charge in [-0.05, 0) is 12.1 Å². The molecule has 21 heavy (non-hydrogen) atoms. The lowest BCUT2D eigenvalue weighted by molar-refractivity contribution is -0.139. The number of carbonyl (C=O) groups excluding carboxylic acids is 1. The van der Waals surface area contributed by atoms with Crippen molar-refractivity contribution >= 4 is 17.6 Å². The fraction of sp³-hybridized carbons (Fsp3) is 0.429. The van der Waals surface area contributed by atoms with Crippen LogP contribution in [0, 0.1) is 0 Å². The van der Waals surface area contributed by atoms with Crippen LogP contribution >= 0.6 is 0 Å². The number of hydrogen-bond donors (Lipinski definition) is 3. The van der Waals surface area contributed by atoms with Gasteiger partial charge in [0.05, 0.1) is 24.8 Å². The molecule has 1 amide bonds. The van der Waals surface area contributed by atoms with E-state index in [0.29, 0.717) is 24.6 Å². The van der Waals surface area contributed by atoms with Crippen molar-refractivity contribution in [3.05, 3.63) is 24.3 Å². The number of anilines is 1. The van der Waals surface area contributed by atoms with E-state index in [9.17, 15) is 9.59 Å². The van der Waals surface area contributed by atoms with E-state index < -0.39 is 12.6 Å². The molecule has 1 heterocycles. The third-order valence-corrected chi connectivity index (χ3v) is 2.93. The number of rotatable bonds is 6. The Kier molecular flexibility index (Phi) is 5.53. The highest BCUT2D eigenvalue weighted by molar-refractivity contribution is 5.92. The van der Waals surface area contributed by atoms with Gasteiger partial charge in [0.1, 0.15) is 5.75 Å². The number of carboxylic acid groups (broad SMARTS) is 1. The molecule has 1 aliphatic rings. The molecule has 1 aliphatic heterocycles. The quantitative estimate of drug-likeness (QED) is 0.705. The van der Waals surface area contributed by atoms with Crippen LogP contribution in [0.15, 0.2) is 24.3 Å². The van der Waals surface area contributed by atoms with Crippen molar-refractivity contribution in [3.8, 4) is 5.75 Å². The summed E-state index contributed by atoms with van der Waals surface area (Å²) in [6.45, 7) is 1.58. The van der Waals surface area contributed by atoms with Gasteiger partial charge in [-0.25, -0.2) is 4.79 Å². The van der Waals surface area contributed by atoms with Crippen LogP contribution < -0.4 is 15.4 Å². The van der Waals surface area contributed by atoms with E-state index in [1.807, 2.05) is 0 Å². The summed E-state index contributed by atoms with van der Waals surface area (Å²) < 4.78 is 10.6. The van der Waals surface area contributed by atoms with Gasteiger partial charge >= 0.3 is 5.97 Å². The van der Waals surface area contributed by atoms with Crippen molar-refractivity contribution in [3.63, 3.8) is 0 Å². The Labute approximate surface area is 122 Å². The van der Waals surface area contributed by atoms with Crippen molar-refractivity contribution in [2.24, 2.45) is 0 Å². The normalized spacial score (nSPS) is 18.0. The number of carbonyl (C=O) groups is 2. The van der Waals surface area contributed by atoms with Gasteiger partial charge in [0.25, 0.3) is 0 Å². The maximum atomic E-state index is 12.0. The van der Waals surface area contributed by atoms with Crippen LogP contribution in [0.25, 0.3) is 0 Å². The van der Waals surface area contributed by atoms with Crippen LogP contribution in [0.1, 0.15) is 6.42 Å². The van der Waals surface area contributed by atoms with Crippen LogP contribution in [-0.2, 0) is 14.3 Å². The highest BCUT2D eigenvalue weighted by Crippen LogP contribution is 2.24. The molecule has 0 radical (unpaired) electrons. The largest absolute Gasteiger partial charge is 0.480 e. The maximum Gasteiger partial charge on any atom is 0.341 e. The fourth-order valence-electron chi connectivity index (χ4n) is 1.99. The average molecular weight is 294 g/mol. The molecular formula is C14H18N2O5. The van der Waals surface area contributed by atoms with Gasteiger partial charge in [0, 0.05) is 13.1 Å². The zero-order valence-electron chi connectivity index (χ0n) is 11.5. The van der Waals surface area contributed by atoms with Crippen LogP contribution in [-0.4, -0.2) is 49.4 Å². The molecule has 2 rings (SSSR count). The van der Waals surface area contributed by atoms with E-state index in [1.54, 1.807) is 24.3 Å². The second kappa shape index (κ2) is 7.61. The molecule has 114 valence electrons. The summed E-state index contributed by atoms with van der Waals surface area (Å²) in [5.41, 5.74) is 0.451. The number of morpholine rings is 1. The third kappa shape index (κ3) is 5.05. The highest BCUT2D eigenvalue weighted by Gasteiger charge is 2.18. The topological polar surface area (TPSA) is 96.9 Å². The first kappa shape index (κ1) is 15.3. The van der Waals surface area contributed by atoms with Gasteiger partial charge in [-0.2, -0.15) is 0 Å². The van der Waals surface area contributed by atoms with E-state index in [4.69, 9.17) is 14.6 Å². The standard InChI is InChI=1S/C14H18N2O5/c17-13(7-10-8-15-5-6-20-10)16-11-3-1-2-4-12(11)21-9-14(18)19/h1-4,10,15H,5-9H2,(H,16,17)(H,18,19).